The highest BCUT2D eigenvalue weighted by Crippen LogP contribution is 2.21. The fourth-order valence-corrected chi connectivity index (χ4v) is 2.55. The first-order chi connectivity index (χ1) is 12.8. The summed E-state index contributed by atoms with van der Waals surface area (Å²) in [5.41, 5.74) is 2.34. The lowest BCUT2D eigenvalue weighted by atomic mass is 10.1. The Morgan fingerprint density at radius 2 is 1.63 bits per heavy atom. The molecular formula is C19H15F3N4O. The molecule has 0 bridgehead atoms. The first kappa shape index (κ1) is 18.4. The van der Waals surface area contributed by atoms with Crippen molar-refractivity contribution in [3.05, 3.63) is 77.0 Å². The molecule has 0 aliphatic carbocycles. The van der Waals surface area contributed by atoms with Crippen molar-refractivity contribution in [1.82, 2.24) is 9.97 Å². The molecule has 8 heteroatoms. The van der Waals surface area contributed by atoms with Crippen molar-refractivity contribution in [2.75, 3.05) is 10.6 Å². The number of carbonyl (C=O) groups excluding carboxylic acids is 1. The summed E-state index contributed by atoms with van der Waals surface area (Å²) in [6, 6.07) is 8.85. The van der Waals surface area contributed by atoms with Crippen molar-refractivity contribution in [2.45, 2.75) is 13.8 Å². The van der Waals surface area contributed by atoms with Gasteiger partial charge >= 0.3 is 0 Å². The molecule has 0 radical (unpaired) electrons. The van der Waals surface area contributed by atoms with E-state index in [0.29, 0.717) is 5.82 Å². The molecule has 3 rings (SSSR count). The van der Waals surface area contributed by atoms with Crippen LogP contribution in [0, 0.1) is 31.3 Å². The van der Waals surface area contributed by atoms with E-state index in [1.165, 1.54) is 12.4 Å². The molecule has 0 aliphatic rings. The standard InChI is InChI=1S/C19H15F3N4O/c1-10-5-11(2)7-12(6-10)25-16-8-15(23-9-24-16)19(27)26-14-4-3-13(20)17(21)18(14)22/h3-9H,1-2H3,(H,26,27)(H,23,24,25). The maximum atomic E-state index is 13.7. The van der Waals surface area contributed by atoms with Gasteiger partial charge in [0.1, 0.15) is 17.8 Å². The number of anilines is 3. The quantitative estimate of drug-likeness (QED) is 0.662. The molecule has 0 fully saturated rings. The van der Waals surface area contributed by atoms with Crippen LogP contribution in [0.25, 0.3) is 0 Å². The summed E-state index contributed by atoms with van der Waals surface area (Å²) in [4.78, 5) is 20.1. The molecule has 1 amide bonds. The zero-order valence-corrected chi connectivity index (χ0v) is 14.5. The lowest BCUT2D eigenvalue weighted by molar-refractivity contribution is 0.102. The average Bonchev–Trinajstić information content (AvgIpc) is 2.61. The van der Waals surface area contributed by atoms with Crippen molar-refractivity contribution in [2.24, 2.45) is 0 Å². The largest absolute Gasteiger partial charge is 0.340 e. The third-order valence-electron chi connectivity index (χ3n) is 3.68. The van der Waals surface area contributed by atoms with Crippen LogP contribution in [0.3, 0.4) is 0 Å². The molecule has 0 saturated carbocycles. The van der Waals surface area contributed by atoms with E-state index in [9.17, 15) is 18.0 Å². The van der Waals surface area contributed by atoms with Crippen molar-refractivity contribution in [1.29, 1.82) is 0 Å². The Morgan fingerprint density at radius 3 is 2.33 bits per heavy atom. The number of carbonyl (C=O) groups is 1. The molecule has 3 aromatic rings. The smallest absolute Gasteiger partial charge is 0.274 e. The number of aryl methyl sites for hydroxylation is 2. The maximum Gasteiger partial charge on any atom is 0.274 e. The number of benzene rings is 2. The van der Waals surface area contributed by atoms with Crippen LogP contribution in [0.5, 0.6) is 0 Å². The van der Waals surface area contributed by atoms with Gasteiger partial charge in [0.2, 0.25) is 0 Å². The van der Waals surface area contributed by atoms with Gasteiger partial charge in [0.25, 0.3) is 5.91 Å². The third-order valence-corrected chi connectivity index (χ3v) is 3.68. The SMILES string of the molecule is Cc1cc(C)cc(Nc2cc(C(=O)Nc3ccc(F)c(F)c3F)ncn2)c1. The van der Waals surface area contributed by atoms with E-state index < -0.39 is 29.0 Å². The summed E-state index contributed by atoms with van der Waals surface area (Å²) in [7, 11) is 0. The van der Waals surface area contributed by atoms with Crippen molar-refractivity contribution < 1.29 is 18.0 Å². The molecule has 0 atom stereocenters. The van der Waals surface area contributed by atoms with E-state index >= 15 is 0 Å². The van der Waals surface area contributed by atoms with Gasteiger partial charge in [0, 0.05) is 11.8 Å². The number of nitrogens with zero attached hydrogens (tertiary/aromatic N) is 2. The second kappa shape index (κ2) is 7.45. The molecule has 1 heterocycles. The number of hydrogen-bond donors (Lipinski definition) is 2. The third kappa shape index (κ3) is 4.22. The summed E-state index contributed by atoms with van der Waals surface area (Å²) in [5, 5.41) is 5.22. The topological polar surface area (TPSA) is 66.9 Å². The first-order valence-corrected chi connectivity index (χ1v) is 7.95. The highest BCUT2D eigenvalue weighted by atomic mass is 19.2. The minimum absolute atomic E-state index is 0.0685. The molecule has 138 valence electrons. The van der Waals surface area contributed by atoms with E-state index in [2.05, 4.69) is 20.6 Å². The van der Waals surface area contributed by atoms with Crippen LogP contribution >= 0.6 is 0 Å². The predicted octanol–water partition coefficient (Wildman–Crippen LogP) is 4.51. The van der Waals surface area contributed by atoms with Gasteiger partial charge in [-0.05, 0) is 49.2 Å². The highest BCUT2D eigenvalue weighted by molar-refractivity contribution is 6.03. The molecule has 0 saturated heterocycles. The van der Waals surface area contributed by atoms with Gasteiger partial charge in [-0.2, -0.15) is 0 Å². The van der Waals surface area contributed by atoms with Gasteiger partial charge in [-0.15, -0.1) is 0 Å². The van der Waals surface area contributed by atoms with E-state index in [4.69, 9.17) is 0 Å². The van der Waals surface area contributed by atoms with Crippen LogP contribution in [0.2, 0.25) is 0 Å². The van der Waals surface area contributed by atoms with Crippen LogP contribution in [0.15, 0.2) is 42.7 Å². The van der Waals surface area contributed by atoms with Gasteiger partial charge < -0.3 is 10.6 Å². The van der Waals surface area contributed by atoms with Gasteiger partial charge in [-0.25, -0.2) is 23.1 Å². The average molecular weight is 372 g/mol. The van der Waals surface area contributed by atoms with Crippen LogP contribution in [0.4, 0.5) is 30.4 Å². The van der Waals surface area contributed by atoms with Crippen molar-refractivity contribution >= 4 is 23.1 Å². The summed E-state index contributed by atoms with van der Waals surface area (Å²) in [6.07, 6.45) is 1.17. The Kier molecular flexibility index (Phi) is 5.07. The number of amides is 1. The lowest BCUT2D eigenvalue weighted by Crippen LogP contribution is -2.16. The fourth-order valence-electron chi connectivity index (χ4n) is 2.55. The summed E-state index contributed by atoms with van der Waals surface area (Å²) in [5.74, 6) is -4.91. The van der Waals surface area contributed by atoms with Gasteiger partial charge in [0.15, 0.2) is 17.5 Å². The summed E-state index contributed by atoms with van der Waals surface area (Å²) >= 11 is 0. The minimum Gasteiger partial charge on any atom is -0.340 e. The Morgan fingerprint density at radius 1 is 0.926 bits per heavy atom. The van der Waals surface area contributed by atoms with Crippen LogP contribution in [-0.4, -0.2) is 15.9 Å². The Hall–Kier alpha value is -3.42. The summed E-state index contributed by atoms with van der Waals surface area (Å²) < 4.78 is 40.0. The van der Waals surface area contributed by atoms with Crippen LogP contribution in [0.1, 0.15) is 21.6 Å². The van der Waals surface area contributed by atoms with E-state index in [1.54, 1.807) is 0 Å². The van der Waals surface area contributed by atoms with Gasteiger partial charge in [-0.3, -0.25) is 4.79 Å². The van der Waals surface area contributed by atoms with Crippen LogP contribution in [-0.2, 0) is 0 Å². The molecule has 2 aromatic carbocycles. The Labute approximate surface area is 153 Å². The second-order valence-electron chi connectivity index (χ2n) is 5.97. The molecule has 1 aromatic heterocycles. The minimum atomic E-state index is -1.66. The van der Waals surface area contributed by atoms with E-state index in [-0.39, 0.29) is 5.69 Å². The molecule has 2 N–H and O–H groups in total. The molecular weight excluding hydrogens is 357 g/mol. The Balaban J connectivity index is 1.80. The normalized spacial score (nSPS) is 10.6. The Bertz CT molecular complexity index is 1000. The highest BCUT2D eigenvalue weighted by Gasteiger charge is 2.17. The number of aromatic nitrogens is 2. The number of nitrogens with one attached hydrogen (secondary N) is 2. The number of halogens is 3. The van der Waals surface area contributed by atoms with Gasteiger partial charge in [0.05, 0.1) is 5.69 Å². The molecule has 5 nitrogen and oxygen atoms in total. The van der Waals surface area contributed by atoms with Crippen LogP contribution < -0.4 is 10.6 Å². The lowest BCUT2D eigenvalue weighted by Gasteiger charge is -2.10. The number of rotatable bonds is 4. The van der Waals surface area contributed by atoms with E-state index in [1.807, 2.05) is 32.0 Å². The van der Waals surface area contributed by atoms with E-state index in [0.717, 1.165) is 28.9 Å². The molecule has 0 spiro atoms. The molecule has 27 heavy (non-hydrogen) atoms. The monoisotopic (exact) mass is 372 g/mol. The van der Waals surface area contributed by atoms with Gasteiger partial charge in [-0.1, -0.05) is 6.07 Å². The number of hydrogen-bond acceptors (Lipinski definition) is 4. The zero-order valence-electron chi connectivity index (χ0n) is 14.5. The first-order valence-electron chi connectivity index (χ1n) is 7.95. The second-order valence-corrected chi connectivity index (χ2v) is 5.97. The maximum absolute atomic E-state index is 13.7. The molecule has 0 unspecified atom stereocenters. The molecule has 0 aliphatic heterocycles. The van der Waals surface area contributed by atoms with Crippen molar-refractivity contribution in [3.8, 4) is 0 Å². The zero-order chi connectivity index (χ0) is 19.6. The predicted molar refractivity (Wildman–Crippen MR) is 95.5 cm³/mol. The summed E-state index contributed by atoms with van der Waals surface area (Å²) in [6.45, 7) is 3.90. The fraction of sp³-hybridized carbons (Fsp3) is 0.105. The van der Waals surface area contributed by atoms with Crippen molar-refractivity contribution in [3.63, 3.8) is 0 Å².